The van der Waals surface area contributed by atoms with Gasteiger partial charge in [0.2, 0.25) is 0 Å². The molecular formula is C19H25N5O2. The molecule has 0 unspecified atom stereocenters. The molecule has 0 radical (unpaired) electrons. The summed E-state index contributed by atoms with van der Waals surface area (Å²) in [6, 6.07) is 5.92. The van der Waals surface area contributed by atoms with Crippen molar-refractivity contribution in [2.24, 2.45) is 0 Å². The van der Waals surface area contributed by atoms with Crippen LogP contribution in [0, 0.1) is 0 Å². The van der Waals surface area contributed by atoms with Crippen LogP contribution in [0.1, 0.15) is 42.6 Å². The van der Waals surface area contributed by atoms with Crippen molar-refractivity contribution < 1.29 is 4.79 Å². The molecule has 2 aromatic rings. The predicted octanol–water partition coefficient (Wildman–Crippen LogP) is 2.08. The van der Waals surface area contributed by atoms with Crippen LogP contribution in [-0.2, 0) is 32.4 Å². The van der Waals surface area contributed by atoms with E-state index in [4.69, 9.17) is 0 Å². The second kappa shape index (κ2) is 7.35. The molecule has 1 aromatic carbocycles. The van der Waals surface area contributed by atoms with Crippen molar-refractivity contribution in [1.82, 2.24) is 19.7 Å². The van der Waals surface area contributed by atoms with Crippen molar-refractivity contribution >= 4 is 11.7 Å². The third-order valence-electron chi connectivity index (χ3n) is 5.22. The monoisotopic (exact) mass is 355 g/mol. The first-order valence-electron chi connectivity index (χ1n) is 9.54. The van der Waals surface area contributed by atoms with Gasteiger partial charge in [-0.25, -0.2) is 14.3 Å². The van der Waals surface area contributed by atoms with E-state index in [1.807, 2.05) is 6.07 Å². The Bertz CT molecular complexity index is 867. The Morgan fingerprint density at radius 2 is 2.00 bits per heavy atom. The Balaban J connectivity index is 1.24. The van der Waals surface area contributed by atoms with E-state index in [2.05, 4.69) is 27.9 Å². The highest BCUT2D eigenvalue weighted by atomic mass is 16.2. The lowest BCUT2D eigenvalue weighted by molar-refractivity contribution is 0.251. The summed E-state index contributed by atoms with van der Waals surface area (Å²) in [5, 5.41) is 10.1. The third kappa shape index (κ3) is 3.52. The summed E-state index contributed by atoms with van der Waals surface area (Å²) in [5.41, 5.74) is 3.54. The van der Waals surface area contributed by atoms with Crippen LogP contribution in [0.3, 0.4) is 0 Å². The summed E-state index contributed by atoms with van der Waals surface area (Å²) in [4.78, 5) is 24.3. The van der Waals surface area contributed by atoms with Gasteiger partial charge < -0.3 is 10.6 Å². The zero-order chi connectivity index (χ0) is 17.9. The van der Waals surface area contributed by atoms with Gasteiger partial charge in [0.1, 0.15) is 5.82 Å². The van der Waals surface area contributed by atoms with Crippen molar-refractivity contribution in [2.45, 2.75) is 58.0 Å². The Labute approximate surface area is 152 Å². The SMILES string of the molecule is O=C(NCCCn1nc2n(c1=O)CCCC2)Nc1ccc2c(c1)CCC2. The largest absolute Gasteiger partial charge is 0.345 e. The molecule has 0 saturated carbocycles. The van der Waals surface area contributed by atoms with Crippen molar-refractivity contribution in [3.05, 3.63) is 45.6 Å². The second-order valence-electron chi connectivity index (χ2n) is 7.10. The third-order valence-corrected chi connectivity index (χ3v) is 5.22. The molecule has 2 amide bonds. The normalized spacial score (nSPS) is 15.4. The van der Waals surface area contributed by atoms with Gasteiger partial charge in [-0.3, -0.25) is 4.57 Å². The van der Waals surface area contributed by atoms with Gasteiger partial charge in [0, 0.05) is 31.7 Å². The van der Waals surface area contributed by atoms with E-state index in [0.29, 0.717) is 19.5 Å². The maximum Gasteiger partial charge on any atom is 0.345 e. The number of nitrogens with zero attached hydrogens (tertiary/aromatic N) is 3. The molecule has 4 rings (SSSR count). The highest BCUT2D eigenvalue weighted by molar-refractivity contribution is 5.89. The van der Waals surface area contributed by atoms with Crippen LogP contribution in [0.4, 0.5) is 10.5 Å². The zero-order valence-corrected chi connectivity index (χ0v) is 15.0. The lowest BCUT2D eigenvalue weighted by atomic mass is 10.1. The summed E-state index contributed by atoms with van der Waals surface area (Å²) in [7, 11) is 0. The average Bonchev–Trinajstić information content (AvgIpc) is 3.23. The van der Waals surface area contributed by atoms with Crippen LogP contribution in [0.15, 0.2) is 23.0 Å². The molecule has 1 aliphatic carbocycles. The molecule has 0 atom stereocenters. The number of benzene rings is 1. The minimum Gasteiger partial charge on any atom is -0.338 e. The molecule has 2 N–H and O–H groups in total. The van der Waals surface area contributed by atoms with Gasteiger partial charge in [-0.1, -0.05) is 6.07 Å². The molecule has 26 heavy (non-hydrogen) atoms. The molecule has 2 aliphatic rings. The first-order valence-corrected chi connectivity index (χ1v) is 9.54. The molecule has 0 saturated heterocycles. The highest BCUT2D eigenvalue weighted by Crippen LogP contribution is 2.24. The minimum absolute atomic E-state index is 0.0257. The van der Waals surface area contributed by atoms with Gasteiger partial charge in [0.05, 0.1) is 0 Å². The topological polar surface area (TPSA) is 81.0 Å². The van der Waals surface area contributed by atoms with Gasteiger partial charge in [-0.15, -0.1) is 0 Å². The first kappa shape index (κ1) is 16.9. The van der Waals surface area contributed by atoms with Crippen LogP contribution in [0.5, 0.6) is 0 Å². The van der Waals surface area contributed by atoms with E-state index in [9.17, 15) is 9.59 Å². The maximum absolute atomic E-state index is 12.2. The number of hydrogen-bond acceptors (Lipinski definition) is 3. The number of aryl methyl sites for hydroxylation is 4. The number of carbonyl (C=O) groups is 1. The molecule has 1 aromatic heterocycles. The van der Waals surface area contributed by atoms with Gasteiger partial charge in [0.25, 0.3) is 0 Å². The Kier molecular flexibility index (Phi) is 4.77. The Morgan fingerprint density at radius 3 is 2.88 bits per heavy atom. The minimum atomic E-state index is -0.209. The molecule has 138 valence electrons. The van der Waals surface area contributed by atoms with Crippen LogP contribution in [0.25, 0.3) is 0 Å². The van der Waals surface area contributed by atoms with Crippen LogP contribution >= 0.6 is 0 Å². The Morgan fingerprint density at radius 1 is 1.12 bits per heavy atom. The van der Waals surface area contributed by atoms with Crippen LogP contribution in [-0.4, -0.2) is 26.9 Å². The summed E-state index contributed by atoms with van der Waals surface area (Å²) in [6.07, 6.45) is 7.12. The van der Waals surface area contributed by atoms with Crippen molar-refractivity contribution in [2.75, 3.05) is 11.9 Å². The quantitative estimate of drug-likeness (QED) is 0.806. The number of aromatic nitrogens is 3. The summed E-state index contributed by atoms with van der Waals surface area (Å²) < 4.78 is 3.30. The number of urea groups is 1. The number of fused-ring (bicyclic) bond motifs is 2. The van der Waals surface area contributed by atoms with E-state index < -0.39 is 0 Å². The first-order chi connectivity index (χ1) is 12.7. The zero-order valence-electron chi connectivity index (χ0n) is 15.0. The molecule has 2 heterocycles. The number of anilines is 1. The van der Waals surface area contributed by atoms with Gasteiger partial charge in [0.15, 0.2) is 0 Å². The molecule has 7 nitrogen and oxygen atoms in total. The molecule has 1 aliphatic heterocycles. The highest BCUT2D eigenvalue weighted by Gasteiger charge is 2.16. The molecule has 7 heteroatoms. The van der Waals surface area contributed by atoms with Crippen LogP contribution < -0.4 is 16.3 Å². The number of carbonyl (C=O) groups excluding carboxylic acids is 1. The summed E-state index contributed by atoms with van der Waals surface area (Å²) in [5.74, 6) is 0.892. The van der Waals surface area contributed by atoms with Gasteiger partial charge in [-0.2, -0.15) is 5.10 Å². The molecule has 0 fully saturated rings. The number of amides is 2. The fourth-order valence-corrected chi connectivity index (χ4v) is 3.85. The van der Waals surface area contributed by atoms with Crippen molar-refractivity contribution in [1.29, 1.82) is 0 Å². The number of rotatable bonds is 5. The van der Waals surface area contributed by atoms with Gasteiger partial charge in [-0.05, 0) is 61.8 Å². The summed E-state index contributed by atoms with van der Waals surface area (Å²) >= 11 is 0. The van der Waals surface area contributed by atoms with Crippen LogP contribution in [0.2, 0.25) is 0 Å². The predicted molar refractivity (Wildman–Crippen MR) is 99.5 cm³/mol. The second-order valence-corrected chi connectivity index (χ2v) is 7.10. The van der Waals surface area contributed by atoms with Crippen molar-refractivity contribution in [3.8, 4) is 0 Å². The Hall–Kier alpha value is -2.57. The molecule has 0 bridgehead atoms. The molecular weight excluding hydrogens is 330 g/mol. The van der Waals surface area contributed by atoms with E-state index in [1.54, 1.807) is 4.57 Å². The van der Waals surface area contributed by atoms with Crippen molar-refractivity contribution in [3.63, 3.8) is 0 Å². The lowest BCUT2D eigenvalue weighted by Crippen LogP contribution is -2.31. The fourth-order valence-electron chi connectivity index (χ4n) is 3.85. The van der Waals surface area contributed by atoms with Gasteiger partial charge >= 0.3 is 11.7 Å². The number of hydrogen-bond donors (Lipinski definition) is 2. The maximum atomic E-state index is 12.2. The summed E-state index contributed by atoms with van der Waals surface area (Å²) in [6.45, 7) is 1.80. The fraction of sp³-hybridized carbons (Fsp3) is 0.526. The lowest BCUT2D eigenvalue weighted by Gasteiger charge is -2.09. The van der Waals surface area contributed by atoms with E-state index in [0.717, 1.165) is 50.2 Å². The number of nitrogens with one attached hydrogen (secondary N) is 2. The van der Waals surface area contributed by atoms with E-state index in [-0.39, 0.29) is 11.7 Å². The standard InChI is InChI=1S/C19H25N5O2/c25-18(21-16-9-8-14-5-3-6-15(14)13-16)20-10-4-12-24-19(26)23-11-2-1-7-17(23)22-24/h8-9,13H,1-7,10-12H2,(H2,20,21,25). The van der Waals surface area contributed by atoms with E-state index in [1.165, 1.54) is 22.2 Å². The smallest absolute Gasteiger partial charge is 0.338 e. The average molecular weight is 355 g/mol. The molecule has 0 spiro atoms. The van der Waals surface area contributed by atoms with E-state index >= 15 is 0 Å².